The van der Waals surface area contributed by atoms with Crippen molar-refractivity contribution in [2.75, 3.05) is 0 Å². The van der Waals surface area contributed by atoms with Crippen molar-refractivity contribution in [1.82, 2.24) is 14.8 Å². The van der Waals surface area contributed by atoms with Crippen LogP contribution in [-0.2, 0) is 0 Å². The van der Waals surface area contributed by atoms with Crippen LogP contribution in [0.4, 0.5) is 0 Å². The van der Waals surface area contributed by atoms with Gasteiger partial charge in [-0.25, -0.2) is 9.67 Å². The van der Waals surface area contributed by atoms with Crippen LogP contribution < -0.4 is 0 Å². The highest BCUT2D eigenvalue weighted by Crippen LogP contribution is 2.27. The third kappa shape index (κ3) is 4.31. The Morgan fingerprint density at radius 1 is 0.923 bits per heavy atom. The van der Waals surface area contributed by atoms with E-state index in [0.717, 1.165) is 23.4 Å². The number of unbranched alkanes of at least 4 members (excludes halogenated alkanes) is 3. The lowest BCUT2D eigenvalue weighted by Crippen LogP contribution is -2.09. The molecule has 1 aromatic heterocycles. The maximum atomic E-state index is 9.52. The van der Waals surface area contributed by atoms with Crippen molar-refractivity contribution in [2.24, 2.45) is 0 Å². The molecule has 0 aliphatic carbocycles. The van der Waals surface area contributed by atoms with Gasteiger partial charge in [-0.1, -0.05) is 62.9 Å². The smallest absolute Gasteiger partial charge is 0.181 e. The summed E-state index contributed by atoms with van der Waals surface area (Å²) in [4.78, 5) is 4.82. The zero-order chi connectivity index (χ0) is 18.4. The first kappa shape index (κ1) is 18.2. The molecule has 1 N–H and O–H groups in total. The Bertz CT molecular complexity index is 809. The van der Waals surface area contributed by atoms with Crippen LogP contribution in [0.5, 0.6) is 5.75 Å². The molecule has 1 unspecified atom stereocenters. The number of rotatable bonds is 8. The van der Waals surface area contributed by atoms with E-state index in [-0.39, 0.29) is 5.75 Å². The largest absolute Gasteiger partial charge is 0.508 e. The average Bonchev–Trinajstić information content (AvgIpc) is 3.12. The fraction of sp³-hybridized carbons (Fsp3) is 0.364. The van der Waals surface area contributed by atoms with Crippen molar-refractivity contribution in [3.05, 3.63) is 54.6 Å². The van der Waals surface area contributed by atoms with Crippen LogP contribution in [0.3, 0.4) is 0 Å². The van der Waals surface area contributed by atoms with Crippen molar-refractivity contribution < 1.29 is 5.11 Å². The van der Waals surface area contributed by atoms with Gasteiger partial charge in [0.25, 0.3) is 0 Å². The lowest BCUT2D eigenvalue weighted by atomic mass is 10.1. The van der Waals surface area contributed by atoms with Gasteiger partial charge in [-0.3, -0.25) is 0 Å². The molecule has 1 atom stereocenters. The number of phenols is 1. The molecule has 4 nitrogen and oxygen atoms in total. The first-order valence-corrected chi connectivity index (χ1v) is 9.50. The molecule has 0 bridgehead atoms. The SMILES string of the molecule is CCCCCCC(C)n1nc(-c2ccc(O)cc2)nc1-c1ccccc1. The van der Waals surface area contributed by atoms with Crippen molar-refractivity contribution in [2.45, 2.75) is 52.0 Å². The minimum absolute atomic E-state index is 0.251. The Morgan fingerprint density at radius 2 is 1.65 bits per heavy atom. The fourth-order valence-electron chi connectivity index (χ4n) is 3.14. The Balaban J connectivity index is 1.91. The molecule has 0 aliphatic rings. The van der Waals surface area contributed by atoms with E-state index in [1.54, 1.807) is 12.1 Å². The molecule has 0 saturated carbocycles. The van der Waals surface area contributed by atoms with Crippen molar-refractivity contribution in [3.8, 4) is 28.5 Å². The van der Waals surface area contributed by atoms with Gasteiger partial charge in [0.2, 0.25) is 0 Å². The van der Waals surface area contributed by atoms with E-state index >= 15 is 0 Å². The second-order valence-corrected chi connectivity index (χ2v) is 6.81. The van der Waals surface area contributed by atoms with Gasteiger partial charge in [-0.15, -0.1) is 0 Å². The van der Waals surface area contributed by atoms with Crippen LogP contribution in [0.1, 0.15) is 52.0 Å². The second kappa shape index (κ2) is 8.65. The van der Waals surface area contributed by atoms with Gasteiger partial charge in [0.15, 0.2) is 11.6 Å². The number of nitrogens with zero attached hydrogens (tertiary/aromatic N) is 3. The van der Waals surface area contributed by atoms with E-state index in [2.05, 4.69) is 30.7 Å². The van der Waals surface area contributed by atoms with Crippen molar-refractivity contribution >= 4 is 0 Å². The summed E-state index contributed by atoms with van der Waals surface area (Å²) in [5.74, 6) is 1.85. The highest BCUT2D eigenvalue weighted by molar-refractivity contribution is 5.62. The lowest BCUT2D eigenvalue weighted by Gasteiger charge is -2.14. The number of phenolic OH excluding ortho intramolecular Hbond substituents is 1. The van der Waals surface area contributed by atoms with Crippen LogP contribution in [0, 0.1) is 0 Å². The van der Waals surface area contributed by atoms with Gasteiger partial charge in [0.05, 0.1) is 6.04 Å². The van der Waals surface area contributed by atoms with Crippen molar-refractivity contribution in [3.63, 3.8) is 0 Å². The number of hydrogen-bond donors (Lipinski definition) is 1. The monoisotopic (exact) mass is 349 g/mol. The zero-order valence-corrected chi connectivity index (χ0v) is 15.6. The molecule has 136 valence electrons. The van der Waals surface area contributed by atoms with Crippen LogP contribution >= 0.6 is 0 Å². The van der Waals surface area contributed by atoms with E-state index in [9.17, 15) is 5.11 Å². The molecule has 0 radical (unpaired) electrons. The molecule has 0 spiro atoms. The predicted octanol–water partition coefficient (Wildman–Crippen LogP) is 5.85. The van der Waals surface area contributed by atoms with E-state index < -0.39 is 0 Å². The normalized spacial score (nSPS) is 12.2. The maximum Gasteiger partial charge on any atom is 0.181 e. The van der Waals surface area contributed by atoms with Gasteiger partial charge >= 0.3 is 0 Å². The number of aromatic hydroxyl groups is 1. The average molecular weight is 349 g/mol. The Labute approximate surface area is 155 Å². The summed E-state index contributed by atoms with van der Waals surface area (Å²) in [5.41, 5.74) is 1.99. The van der Waals surface area contributed by atoms with Gasteiger partial charge in [-0.2, -0.15) is 5.10 Å². The first-order chi connectivity index (χ1) is 12.7. The lowest BCUT2D eigenvalue weighted by molar-refractivity contribution is 0.439. The zero-order valence-electron chi connectivity index (χ0n) is 15.6. The third-order valence-corrected chi connectivity index (χ3v) is 4.68. The molecular formula is C22H27N3O. The van der Waals surface area contributed by atoms with Crippen LogP contribution in [0.15, 0.2) is 54.6 Å². The highest BCUT2D eigenvalue weighted by atomic mass is 16.3. The molecule has 26 heavy (non-hydrogen) atoms. The molecule has 4 heteroatoms. The summed E-state index contributed by atoms with van der Waals surface area (Å²) in [5, 5.41) is 14.3. The molecule has 3 aromatic rings. The number of aromatic nitrogens is 3. The molecular weight excluding hydrogens is 322 g/mol. The molecule has 2 aromatic carbocycles. The predicted molar refractivity (Wildman–Crippen MR) is 106 cm³/mol. The number of benzene rings is 2. The van der Waals surface area contributed by atoms with Gasteiger partial charge in [-0.05, 0) is 37.6 Å². The quantitative estimate of drug-likeness (QED) is 0.519. The Hall–Kier alpha value is -2.62. The molecule has 0 fully saturated rings. The minimum atomic E-state index is 0.251. The minimum Gasteiger partial charge on any atom is -0.508 e. The van der Waals surface area contributed by atoms with E-state index in [1.165, 1.54) is 25.7 Å². The topological polar surface area (TPSA) is 50.9 Å². The summed E-state index contributed by atoms with van der Waals surface area (Å²) in [6, 6.07) is 17.6. The molecule has 0 aliphatic heterocycles. The van der Waals surface area contributed by atoms with E-state index in [4.69, 9.17) is 10.1 Å². The summed E-state index contributed by atoms with van der Waals surface area (Å²) >= 11 is 0. The Kier molecular flexibility index (Phi) is 6.05. The van der Waals surface area contributed by atoms with Gasteiger partial charge in [0, 0.05) is 11.1 Å². The van der Waals surface area contributed by atoms with E-state index in [1.807, 2.05) is 30.3 Å². The fourth-order valence-corrected chi connectivity index (χ4v) is 3.14. The summed E-state index contributed by atoms with van der Waals surface area (Å²) in [7, 11) is 0. The maximum absolute atomic E-state index is 9.52. The summed E-state index contributed by atoms with van der Waals surface area (Å²) in [6.45, 7) is 4.45. The van der Waals surface area contributed by atoms with Crippen molar-refractivity contribution in [1.29, 1.82) is 0 Å². The van der Waals surface area contributed by atoms with Crippen LogP contribution in [-0.4, -0.2) is 19.9 Å². The number of hydrogen-bond acceptors (Lipinski definition) is 3. The Morgan fingerprint density at radius 3 is 2.35 bits per heavy atom. The third-order valence-electron chi connectivity index (χ3n) is 4.68. The molecule has 1 heterocycles. The molecule has 0 saturated heterocycles. The second-order valence-electron chi connectivity index (χ2n) is 6.81. The van der Waals surface area contributed by atoms with Crippen LogP contribution in [0.2, 0.25) is 0 Å². The standard InChI is InChI=1S/C22H27N3O/c1-3-4-5-7-10-17(2)25-22(19-11-8-6-9-12-19)23-21(24-25)18-13-15-20(26)16-14-18/h6,8-9,11-17,26H,3-5,7,10H2,1-2H3. The molecule has 0 amide bonds. The molecule has 3 rings (SSSR count). The van der Waals surface area contributed by atoms with Gasteiger partial charge in [0.1, 0.15) is 5.75 Å². The highest BCUT2D eigenvalue weighted by Gasteiger charge is 2.17. The van der Waals surface area contributed by atoms with Crippen LogP contribution in [0.25, 0.3) is 22.8 Å². The van der Waals surface area contributed by atoms with E-state index in [0.29, 0.717) is 11.9 Å². The summed E-state index contributed by atoms with van der Waals surface area (Å²) < 4.78 is 2.06. The van der Waals surface area contributed by atoms with Gasteiger partial charge < -0.3 is 5.11 Å². The first-order valence-electron chi connectivity index (χ1n) is 9.50. The summed E-state index contributed by atoms with van der Waals surface area (Å²) in [6.07, 6.45) is 6.10.